The number of fused-ring (bicyclic) bond motifs is 2. The summed E-state index contributed by atoms with van der Waals surface area (Å²) in [5.74, 6) is 1.06. The van der Waals surface area contributed by atoms with E-state index in [2.05, 4.69) is 27.0 Å². The third kappa shape index (κ3) is 8.10. The number of carbonyl (C=O) groups is 1. The number of hydrogen-bond donors (Lipinski definition) is 4. The molecule has 5 aromatic rings. The number of anilines is 2. The van der Waals surface area contributed by atoms with E-state index in [0.717, 1.165) is 83.4 Å². The van der Waals surface area contributed by atoms with E-state index in [1.807, 2.05) is 57.3 Å². The molecule has 0 saturated carbocycles. The van der Waals surface area contributed by atoms with Gasteiger partial charge < -0.3 is 30.7 Å². The molecule has 1 aliphatic heterocycles. The van der Waals surface area contributed by atoms with Gasteiger partial charge in [0.25, 0.3) is 5.56 Å². The van der Waals surface area contributed by atoms with E-state index in [1.165, 1.54) is 22.7 Å². The summed E-state index contributed by atoms with van der Waals surface area (Å²) in [5, 5.41) is 19.0. The van der Waals surface area contributed by atoms with Crippen LogP contribution in [0.2, 0.25) is 5.02 Å². The van der Waals surface area contributed by atoms with E-state index < -0.39 is 5.56 Å². The summed E-state index contributed by atoms with van der Waals surface area (Å²) >= 11 is 7.09. The molecule has 2 amide bonds. The molecule has 7 rings (SSSR count). The Morgan fingerprint density at radius 3 is 2.47 bits per heavy atom. The molecule has 4 N–H and O–H groups in total. The number of aryl methyl sites for hydroxylation is 3. The van der Waals surface area contributed by atoms with E-state index in [0.29, 0.717) is 39.9 Å². The zero-order chi connectivity index (χ0) is 39.4. The summed E-state index contributed by atoms with van der Waals surface area (Å²) in [6, 6.07) is 16.0. The first-order valence-electron chi connectivity index (χ1n) is 18.6. The molecule has 0 radical (unpaired) electrons. The average Bonchev–Trinajstić information content (AvgIpc) is 3.66. The Kier molecular flexibility index (Phi) is 12.2. The van der Waals surface area contributed by atoms with Crippen molar-refractivity contribution in [3.8, 4) is 28.3 Å². The summed E-state index contributed by atoms with van der Waals surface area (Å²) < 4.78 is 8.19. The van der Waals surface area contributed by atoms with Crippen molar-refractivity contribution in [2.75, 3.05) is 45.7 Å². The van der Waals surface area contributed by atoms with Crippen molar-refractivity contribution in [3.63, 3.8) is 0 Å². The molecule has 4 heterocycles. The number of ether oxygens (including phenoxy) is 1. The molecule has 0 spiro atoms. The van der Waals surface area contributed by atoms with Gasteiger partial charge in [0.2, 0.25) is 5.88 Å². The number of pyridine rings is 2. The van der Waals surface area contributed by atoms with Crippen LogP contribution in [-0.4, -0.2) is 81.6 Å². The lowest BCUT2D eigenvalue weighted by molar-refractivity contribution is 0.154. The van der Waals surface area contributed by atoms with Gasteiger partial charge in [0, 0.05) is 61.3 Å². The molecular weight excluding hydrogens is 720 g/mol. The number of aromatic nitrogens is 4. The van der Waals surface area contributed by atoms with Crippen LogP contribution in [0.15, 0.2) is 58.1 Å². The van der Waals surface area contributed by atoms with Gasteiger partial charge in [-0.1, -0.05) is 41.9 Å². The fourth-order valence-corrected chi connectivity index (χ4v) is 7.73. The number of halogens is 1. The molecule has 0 bridgehead atoms. The molecule has 290 valence electrons. The Labute approximate surface area is 325 Å². The number of methoxy groups -OCH3 is 1. The van der Waals surface area contributed by atoms with Crippen molar-refractivity contribution in [2.24, 2.45) is 14.1 Å². The number of β-amino-alcohol motifs (C(OH)–C–C–N with tert-alkyl or cyclic N) is 1. The number of rotatable bonds is 10. The Morgan fingerprint density at radius 1 is 1.00 bits per heavy atom. The van der Waals surface area contributed by atoms with Crippen molar-refractivity contribution in [3.05, 3.63) is 96.8 Å². The van der Waals surface area contributed by atoms with Crippen molar-refractivity contribution >= 4 is 40.0 Å². The highest BCUT2D eigenvalue weighted by Gasteiger charge is 2.24. The minimum Gasteiger partial charge on any atom is -0.481 e. The van der Waals surface area contributed by atoms with Gasteiger partial charge in [-0.2, -0.15) is 0 Å². The number of benzene rings is 2. The van der Waals surface area contributed by atoms with Gasteiger partial charge in [0.05, 0.1) is 29.9 Å². The van der Waals surface area contributed by atoms with E-state index in [1.54, 1.807) is 25.1 Å². The SMILES string of the molecule is CNCCC1CCN(CCO)C(=O)N1.COc1nc(-c2cccc(-c3cccc(Nc4nc(C)cc5c4c(=O)n(C)c(=O)n5C)c3C)c2Cl)cc2c1CCC2. The van der Waals surface area contributed by atoms with Gasteiger partial charge in [-0.15, -0.1) is 0 Å². The lowest BCUT2D eigenvalue weighted by atomic mass is 9.96. The quantitative estimate of drug-likeness (QED) is 0.149. The van der Waals surface area contributed by atoms with Crippen LogP contribution < -0.4 is 31.9 Å². The first kappa shape index (κ1) is 39.5. The minimum atomic E-state index is -0.403. The van der Waals surface area contributed by atoms with E-state index in [-0.39, 0.29) is 24.4 Å². The predicted octanol–water partition coefficient (Wildman–Crippen LogP) is 5.24. The topological polar surface area (TPSA) is 156 Å². The van der Waals surface area contributed by atoms with Gasteiger partial charge in [0.1, 0.15) is 11.2 Å². The number of urea groups is 1. The van der Waals surface area contributed by atoms with Crippen LogP contribution in [0.4, 0.5) is 16.3 Å². The molecule has 2 aliphatic rings. The fraction of sp³-hybridized carbons (Fsp3) is 0.390. The summed E-state index contributed by atoms with van der Waals surface area (Å²) in [4.78, 5) is 48.3. The number of aliphatic hydroxyl groups excluding tert-OH is 1. The standard InChI is InChI=1S/C32H30ClN5O3.C9H19N3O2/c1-17-15-26-27(31(39)38(4)32(40)37(26)3)29(34-17)35-24-14-8-10-20(18(24)2)22-12-7-13-23(28(22)33)25-16-19-9-6-11-21(19)30(36-25)41-5;1-10-4-2-8-3-5-12(6-7-13)9(14)11-8/h7-8,10,12-16H,6,9,11H2,1-5H3,(H,34,35);8,10,13H,2-7H2,1H3,(H,11,14). The van der Waals surface area contributed by atoms with Crippen LogP contribution in [0.1, 0.15) is 41.6 Å². The number of hydrogen-bond acceptors (Lipinski definition) is 9. The van der Waals surface area contributed by atoms with Gasteiger partial charge in [-0.25, -0.2) is 19.6 Å². The summed E-state index contributed by atoms with van der Waals surface area (Å²) in [7, 11) is 6.69. The fourth-order valence-electron chi connectivity index (χ4n) is 7.40. The second kappa shape index (κ2) is 17.1. The van der Waals surface area contributed by atoms with Crippen LogP contribution in [0, 0.1) is 13.8 Å². The molecule has 1 aliphatic carbocycles. The third-order valence-corrected chi connectivity index (χ3v) is 10.9. The van der Waals surface area contributed by atoms with Crippen molar-refractivity contribution < 1.29 is 14.6 Å². The van der Waals surface area contributed by atoms with E-state index in [9.17, 15) is 14.4 Å². The van der Waals surface area contributed by atoms with Crippen molar-refractivity contribution in [1.29, 1.82) is 0 Å². The van der Waals surface area contributed by atoms with Crippen LogP contribution in [0.3, 0.4) is 0 Å². The maximum Gasteiger partial charge on any atom is 0.330 e. The monoisotopic (exact) mass is 768 g/mol. The first-order valence-corrected chi connectivity index (χ1v) is 19.0. The molecule has 2 aromatic carbocycles. The normalized spacial score (nSPS) is 15.0. The molecule has 1 saturated heterocycles. The highest BCUT2D eigenvalue weighted by molar-refractivity contribution is 6.36. The molecule has 14 heteroatoms. The first-order chi connectivity index (χ1) is 26.5. The summed E-state index contributed by atoms with van der Waals surface area (Å²) in [5.41, 5.74) is 8.01. The Hall–Kier alpha value is -5.24. The highest BCUT2D eigenvalue weighted by Crippen LogP contribution is 2.41. The van der Waals surface area contributed by atoms with Crippen molar-refractivity contribution in [2.45, 2.75) is 52.0 Å². The van der Waals surface area contributed by atoms with E-state index in [4.69, 9.17) is 26.4 Å². The van der Waals surface area contributed by atoms with Gasteiger partial charge in [-0.05, 0) is 94.4 Å². The maximum absolute atomic E-state index is 13.2. The largest absolute Gasteiger partial charge is 0.481 e. The summed E-state index contributed by atoms with van der Waals surface area (Å²) in [6.45, 7) is 5.98. The van der Waals surface area contributed by atoms with Gasteiger partial charge >= 0.3 is 11.7 Å². The predicted molar refractivity (Wildman–Crippen MR) is 218 cm³/mol. The number of carbonyl (C=O) groups excluding carboxylic acids is 1. The Morgan fingerprint density at radius 2 is 1.75 bits per heavy atom. The lowest BCUT2D eigenvalue weighted by Crippen LogP contribution is -2.52. The molecule has 13 nitrogen and oxygen atoms in total. The smallest absolute Gasteiger partial charge is 0.330 e. The second-order valence-electron chi connectivity index (χ2n) is 14.0. The molecule has 1 atom stereocenters. The molecule has 1 unspecified atom stereocenters. The summed E-state index contributed by atoms with van der Waals surface area (Å²) in [6.07, 6.45) is 5.01. The van der Waals surface area contributed by atoms with Crippen molar-refractivity contribution in [1.82, 2.24) is 34.6 Å². The van der Waals surface area contributed by atoms with Crippen LogP contribution in [0.25, 0.3) is 33.3 Å². The molecular formula is C41H49ClN8O5. The zero-order valence-electron chi connectivity index (χ0n) is 32.3. The Bertz CT molecular complexity index is 2360. The van der Waals surface area contributed by atoms with Crippen LogP contribution in [0.5, 0.6) is 5.88 Å². The number of nitrogens with one attached hydrogen (secondary N) is 3. The van der Waals surface area contributed by atoms with Crippen LogP contribution >= 0.6 is 11.6 Å². The average molecular weight is 769 g/mol. The second-order valence-corrected chi connectivity index (χ2v) is 14.4. The zero-order valence-corrected chi connectivity index (χ0v) is 33.0. The van der Waals surface area contributed by atoms with Gasteiger partial charge in [-0.3, -0.25) is 13.9 Å². The molecule has 55 heavy (non-hydrogen) atoms. The number of amides is 2. The highest BCUT2D eigenvalue weighted by atomic mass is 35.5. The Balaban J connectivity index is 0.000000311. The van der Waals surface area contributed by atoms with Gasteiger partial charge in [0.15, 0.2) is 0 Å². The number of nitrogens with zero attached hydrogens (tertiary/aromatic N) is 5. The third-order valence-electron chi connectivity index (χ3n) is 10.5. The lowest BCUT2D eigenvalue weighted by Gasteiger charge is -2.32. The molecule has 3 aromatic heterocycles. The maximum atomic E-state index is 13.2. The minimum absolute atomic E-state index is 0.0363. The van der Waals surface area contributed by atoms with E-state index >= 15 is 0 Å². The number of aliphatic hydroxyl groups is 1. The van der Waals surface area contributed by atoms with Crippen LogP contribution in [-0.2, 0) is 26.9 Å². The molecule has 1 fully saturated rings.